The molecule has 1 fully saturated rings. The number of rotatable bonds is 4. The summed E-state index contributed by atoms with van der Waals surface area (Å²) >= 11 is 0. The van der Waals surface area contributed by atoms with E-state index in [1.54, 1.807) is 0 Å². The Morgan fingerprint density at radius 3 is 2.57 bits per heavy atom. The molecule has 1 aromatic rings. The van der Waals surface area contributed by atoms with Crippen molar-refractivity contribution in [2.75, 3.05) is 5.75 Å². The zero-order valence-electron chi connectivity index (χ0n) is 12.6. The van der Waals surface area contributed by atoms with E-state index < -0.39 is 10.0 Å². The standard InChI is InChI=1S/C17H25NO2S/c19-21(20,13-14-7-2-1-3-8-14)18-17-12-6-10-15-9-4-5-11-16(15)17/h4-5,9,11,14,17-18H,1-3,6-8,10,12-13H2/t17-/m1/s1. The highest BCUT2D eigenvalue weighted by Crippen LogP contribution is 2.31. The fourth-order valence-electron chi connectivity index (χ4n) is 3.81. The molecule has 1 atom stereocenters. The van der Waals surface area contributed by atoms with Gasteiger partial charge in [-0.25, -0.2) is 13.1 Å². The highest BCUT2D eigenvalue weighted by molar-refractivity contribution is 7.89. The Labute approximate surface area is 128 Å². The maximum atomic E-state index is 12.5. The molecular formula is C17H25NO2S. The Bertz CT molecular complexity index is 576. The largest absolute Gasteiger partial charge is 0.212 e. The molecule has 21 heavy (non-hydrogen) atoms. The van der Waals surface area contributed by atoms with Crippen LogP contribution in [0.5, 0.6) is 0 Å². The van der Waals surface area contributed by atoms with Gasteiger partial charge in [-0.3, -0.25) is 0 Å². The van der Waals surface area contributed by atoms with E-state index in [-0.39, 0.29) is 6.04 Å². The Balaban J connectivity index is 1.68. The van der Waals surface area contributed by atoms with Gasteiger partial charge in [-0.1, -0.05) is 43.5 Å². The number of hydrogen-bond donors (Lipinski definition) is 1. The molecule has 0 aliphatic heterocycles. The molecule has 0 heterocycles. The lowest BCUT2D eigenvalue weighted by molar-refractivity contribution is 0.382. The van der Waals surface area contributed by atoms with Gasteiger partial charge >= 0.3 is 0 Å². The summed E-state index contributed by atoms with van der Waals surface area (Å²) in [4.78, 5) is 0. The summed E-state index contributed by atoms with van der Waals surface area (Å²) in [7, 11) is -3.17. The molecule has 1 aromatic carbocycles. The Morgan fingerprint density at radius 1 is 1.00 bits per heavy atom. The lowest BCUT2D eigenvalue weighted by atomic mass is 9.88. The molecule has 2 aliphatic rings. The minimum Gasteiger partial charge on any atom is -0.212 e. The number of sulfonamides is 1. The number of hydrogen-bond acceptors (Lipinski definition) is 2. The maximum absolute atomic E-state index is 12.5. The van der Waals surface area contributed by atoms with Crippen LogP contribution in [0.15, 0.2) is 24.3 Å². The van der Waals surface area contributed by atoms with Crippen molar-refractivity contribution in [1.29, 1.82) is 0 Å². The van der Waals surface area contributed by atoms with E-state index in [1.807, 2.05) is 12.1 Å². The van der Waals surface area contributed by atoms with Crippen molar-refractivity contribution in [2.24, 2.45) is 5.92 Å². The van der Waals surface area contributed by atoms with Gasteiger partial charge in [0.15, 0.2) is 0 Å². The van der Waals surface area contributed by atoms with Gasteiger partial charge in [-0.05, 0) is 49.1 Å². The zero-order chi connectivity index (χ0) is 14.7. The fourth-order valence-corrected chi connectivity index (χ4v) is 5.53. The van der Waals surface area contributed by atoms with Crippen LogP contribution in [0.3, 0.4) is 0 Å². The molecule has 4 heteroatoms. The first-order valence-electron chi connectivity index (χ1n) is 8.22. The van der Waals surface area contributed by atoms with E-state index in [1.165, 1.54) is 30.4 Å². The predicted molar refractivity (Wildman–Crippen MR) is 85.6 cm³/mol. The fraction of sp³-hybridized carbons (Fsp3) is 0.647. The third-order valence-electron chi connectivity index (χ3n) is 4.87. The van der Waals surface area contributed by atoms with Crippen LogP contribution in [0.25, 0.3) is 0 Å². The monoisotopic (exact) mass is 307 g/mol. The van der Waals surface area contributed by atoms with Crippen LogP contribution in [-0.2, 0) is 16.4 Å². The van der Waals surface area contributed by atoms with E-state index in [0.29, 0.717) is 11.7 Å². The summed E-state index contributed by atoms with van der Waals surface area (Å²) in [5.41, 5.74) is 2.48. The van der Waals surface area contributed by atoms with Crippen LogP contribution in [0, 0.1) is 5.92 Å². The van der Waals surface area contributed by atoms with Gasteiger partial charge in [0.2, 0.25) is 10.0 Å². The topological polar surface area (TPSA) is 46.2 Å². The van der Waals surface area contributed by atoms with Crippen molar-refractivity contribution < 1.29 is 8.42 Å². The molecule has 0 bridgehead atoms. The van der Waals surface area contributed by atoms with Crippen LogP contribution in [0.2, 0.25) is 0 Å². The van der Waals surface area contributed by atoms with E-state index in [0.717, 1.165) is 32.1 Å². The van der Waals surface area contributed by atoms with Gasteiger partial charge < -0.3 is 0 Å². The molecule has 0 saturated heterocycles. The second kappa shape index (κ2) is 6.49. The summed E-state index contributed by atoms with van der Waals surface area (Å²) in [6.45, 7) is 0. The normalized spacial score (nSPS) is 23.7. The van der Waals surface area contributed by atoms with Crippen molar-refractivity contribution >= 4 is 10.0 Å². The molecule has 0 aromatic heterocycles. The lowest BCUT2D eigenvalue weighted by Gasteiger charge is -2.28. The first-order chi connectivity index (χ1) is 10.1. The SMILES string of the molecule is O=S(=O)(CC1CCCCC1)N[C@@H]1CCCc2ccccc21. The smallest absolute Gasteiger partial charge is 0.212 e. The molecule has 1 saturated carbocycles. The van der Waals surface area contributed by atoms with Gasteiger partial charge in [0.1, 0.15) is 0 Å². The third kappa shape index (κ3) is 3.86. The molecular weight excluding hydrogens is 282 g/mol. The highest BCUT2D eigenvalue weighted by Gasteiger charge is 2.27. The summed E-state index contributed by atoms with van der Waals surface area (Å²) in [5.74, 6) is 0.668. The number of nitrogens with one attached hydrogen (secondary N) is 1. The average Bonchev–Trinajstić information content (AvgIpc) is 2.48. The Morgan fingerprint density at radius 2 is 1.76 bits per heavy atom. The lowest BCUT2D eigenvalue weighted by Crippen LogP contribution is -2.35. The quantitative estimate of drug-likeness (QED) is 0.924. The van der Waals surface area contributed by atoms with E-state index >= 15 is 0 Å². The molecule has 0 unspecified atom stereocenters. The Kier molecular flexibility index (Phi) is 4.65. The number of aryl methyl sites for hydroxylation is 1. The first-order valence-corrected chi connectivity index (χ1v) is 9.87. The van der Waals surface area contributed by atoms with Gasteiger partial charge in [-0.2, -0.15) is 0 Å². The number of fused-ring (bicyclic) bond motifs is 1. The summed E-state index contributed by atoms with van der Waals surface area (Å²) in [5, 5.41) is 0. The molecule has 116 valence electrons. The van der Waals surface area contributed by atoms with Crippen molar-refractivity contribution in [3.63, 3.8) is 0 Å². The van der Waals surface area contributed by atoms with Crippen LogP contribution in [-0.4, -0.2) is 14.2 Å². The van der Waals surface area contributed by atoms with E-state index in [9.17, 15) is 8.42 Å². The summed E-state index contributed by atoms with van der Waals surface area (Å²) in [6, 6.07) is 8.22. The Hall–Kier alpha value is -0.870. The van der Waals surface area contributed by atoms with Gasteiger partial charge in [0, 0.05) is 6.04 Å². The van der Waals surface area contributed by atoms with E-state index in [4.69, 9.17) is 0 Å². The zero-order valence-corrected chi connectivity index (χ0v) is 13.4. The second-order valence-electron chi connectivity index (χ2n) is 6.55. The van der Waals surface area contributed by atoms with Crippen LogP contribution >= 0.6 is 0 Å². The molecule has 2 aliphatic carbocycles. The second-order valence-corrected chi connectivity index (χ2v) is 8.35. The molecule has 0 amide bonds. The molecule has 0 spiro atoms. The molecule has 3 nitrogen and oxygen atoms in total. The van der Waals surface area contributed by atoms with Crippen molar-refractivity contribution in [2.45, 2.75) is 57.4 Å². The first kappa shape index (κ1) is 15.0. The van der Waals surface area contributed by atoms with Crippen LogP contribution < -0.4 is 4.72 Å². The van der Waals surface area contributed by atoms with Crippen LogP contribution in [0.1, 0.15) is 62.1 Å². The van der Waals surface area contributed by atoms with Gasteiger partial charge in [0.05, 0.1) is 5.75 Å². The summed E-state index contributed by atoms with van der Waals surface area (Å²) < 4.78 is 27.9. The highest BCUT2D eigenvalue weighted by atomic mass is 32.2. The predicted octanol–water partition coefficient (Wildman–Crippen LogP) is 3.56. The van der Waals surface area contributed by atoms with Crippen molar-refractivity contribution in [1.82, 2.24) is 4.72 Å². The van der Waals surface area contributed by atoms with Crippen molar-refractivity contribution in [3.05, 3.63) is 35.4 Å². The van der Waals surface area contributed by atoms with Crippen LogP contribution in [0.4, 0.5) is 0 Å². The number of benzene rings is 1. The minimum atomic E-state index is -3.17. The third-order valence-corrected chi connectivity index (χ3v) is 6.42. The van der Waals surface area contributed by atoms with Crippen molar-refractivity contribution in [3.8, 4) is 0 Å². The van der Waals surface area contributed by atoms with Gasteiger partial charge in [0.25, 0.3) is 0 Å². The minimum absolute atomic E-state index is 0.0245. The maximum Gasteiger partial charge on any atom is 0.212 e. The summed E-state index contributed by atoms with van der Waals surface area (Å²) in [6.07, 6.45) is 8.83. The molecule has 3 rings (SSSR count). The average molecular weight is 307 g/mol. The molecule has 0 radical (unpaired) electrons. The molecule has 1 N–H and O–H groups in total. The van der Waals surface area contributed by atoms with E-state index in [2.05, 4.69) is 16.9 Å². The van der Waals surface area contributed by atoms with Gasteiger partial charge in [-0.15, -0.1) is 0 Å².